The minimum Gasteiger partial charge on any atom is -0.367 e. The van der Waals surface area contributed by atoms with Gasteiger partial charge in [0.05, 0.1) is 12.3 Å². The van der Waals surface area contributed by atoms with Crippen LogP contribution >= 0.6 is 0 Å². The van der Waals surface area contributed by atoms with Crippen molar-refractivity contribution in [3.05, 3.63) is 101 Å². The fraction of sp³-hybridized carbons (Fsp3) is 0.267. The van der Waals surface area contributed by atoms with E-state index in [4.69, 9.17) is 4.74 Å². The van der Waals surface area contributed by atoms with Gasteiger partial charge in [-0.3, -0.25) is 14.6 Å². The summed E-state index contributed by atoms with van der Waals surface area (Å²) in [4.78, 5) is 37.7. The fourth-order valence-corrected chi connectivity index (χ4v) is 4.93. The van der Waals surface area contributed by atoms with Gasteiger partial charge in [0.2, 0.25) is 0 Å². The molecule has 0 fully saturated rings. The molecule has 0 radical (unpaired) electrons. The SMILES string of the molecule is CC1(C)CC(=O)c2c([nH]c(-c3ccnc(NC(=O)COCc4cccnc4)c3)c2Cc2ccccc2)C1. The third kappa shape index (κ3) is 5.84. The van der Waals surface area contributed by atoms with Crippen LogP contribution in [0.5, 0.6) is 0 Å². The zero-order chi connectivity index (χ0) is 25.8. The molecule has 0 saturated heterocycles. The lowest BCUT2D eigenvalue weighted by atomic mass is 9.75. The van der Waals surface area contributed by atoms with Gasteiger partial charge in [-0.25, -0.2) is 4.98 Å². The summed E-state index contributed by atoms with van der Waals surface area (Å²) in [5, 5.41) is 2.82. The first-order valence-electron chi connectivity index (χ1n) is 12.4. The van der Waals surface area contributed by atoms with E-state index in [1.54, 1.807) is 18.6 Å². The average Bonchev–Trinajstić information content (AvgIpc) is 3.22. The second-order valence-corrected chi connectivity index (χ2v) is 10.3. The van der Waals surface area contributed by atoms with E-state index in [-0.39, 0.29) is 23.7 Å². The van der Waals surface area contributed by atoms with E-state index < -0.39 is 0 Å². The highest BCUT2D eigenvalue weighted by molar-refractivity contribution is 6.02. The number of H-pyrrole nitrogens is 1. The van der Waals surface area contributed by atoms with Crippen LogP contribution in [0.2, 0.25) is 0 Å². The van der Waals surface area contributed by atoms with Crippen molar-refractivity contribution >= 4 is 17.5 Å². The Morgan fingerprint density at radius 2 is 1.86 bits per heavy atom. The lowest BCUT2D eigenvalue weighted by molar-refractivity contribution is -0.121. The number of carbonyl (C=O) groups excluding carboxylic acids is 2. The van der Waals surface area contributed by atoms with Gasteiger partial charge >= 0.3 is 0 Å². The number of nitrogens with zero attached hydrogens (tertiary/aromatic N) is 2. The highest BCUT2D eigenvalue weighted by Gasteiger charge is 2.35. The van der Waals surface area contributed by atoms with E-state index in [0.717, 1.165) is 45.6 Å². The molecular weight excluding hydrogens is 464 g/mol. The molecule has 1 aliphatic rings. The Hall–Kier alpha value is -4.10. The molecule has 0 bridgehead atoms. The molecule has 37 heavy (non-hydrogen) atoms. The Bertz CT molecular complexity index is 1410. The molecule has 1 amide bonds. The topological polar surface area (TPSA) is 97.0 Å². The number of amides is 1. The van der Waals surface area contributed by atoms with Gasteiger partial charge in [0, 0.05) is 48.3 Å². The van der Waals surface area contributed by atoms with E-state index in [9.17, 15) is 9.59 Å². The number of benzene rings is 1. The quantitative estimate of drug-likeness (QED) is 0.343. The maximum atomic E-state index is 13.3. The zero-order valence-corrected chi connectivity index (χ0v) is 21.1. The largest absolute Gasteiger partial charge is 0.367 e. The van der Waals surface area contributed by atoms with Gasteiger partial charge in [-0.1, -0.05) is 50.2 Å². The zero-order valence-electron chi connectivity index (χ0n) is 21.1. The summed E-state index contributed by atoms with van der Waals surface area (Å²) >= 11 is 0. The molecule has 0 spiro atoms. The van der Waals surface area contributed by atoms with Crippen LogP contribution in [-0.4, -0.2) is 33.2 Å². The first-order valence-corrected chi connectivity index (χ1v) is 12.4. The number of hydrogen-bond donors (Lipinski definition) is 2. The fourth-order valence-electron chi connectivity index (χ4n) is 4.93. The molecule has 3 heterocycles. The van der Waals surface area contributed by atoms with Gasteiger partial charge in [-0.05, 0) is 46.7 Å². The van der Waals surface area contributed by atoms with Crippen LogP contribution < -0.4 is 5.32 Å². The number of ether oxygens (including phenoxy) is 1. The number of rotatable bonds is 8. The molecule has 188 valence electrons. The number of fused-ring (bicyclic) bond motifs is 1. The summed E-state index contributed by atoms with van der Waals surface area (Å²) in [6, 6.07) is 17.6. The van der Waals surface area contributed by atoms with E-state index in [0.29, 0.717) is 25.3 Å². The number of aromatic nitrogens is 3. The first kappa shape index (κ1) is 24.6. The third-order valence-corrected chi connectivity index (χ3v) is 6.52. The number of Topliss-reactive ketones (excluding diaryl/α,β-unsaturated/α-hetero) is 1. The highest BCUT2D eigenvalue weighted by Crippen LogP contribution is 2.40. The number of ketones is 1. The molecule has 1 aliphatic carbocycles. The van der Waals surface area contributed by atoms with Crippen molar-refractivity contribution in [3.63, 3.8) is 0 Å². The van der Waals surface area contributed by atoms with Crippen LogP contribution in [-0.2, 0) is 29.0 Å². The predicted octanol–water partition coefficient (Wildman–Crippen LogP) is 5.37. The van der Waals surface area contributed by atoms with Crippen molar-refractivity contribution in [2.45, 2.75) is 39.7 Å². The number of pyridine rings is 2. The van der Waals surface area contributed by atoms with Crippen LogP contribution in [0, 0.1) is 5.41 Å². The molecule has 2 N–H and O–H groups in total. The Balaban J connectivity index is 1.39. The van der Waals surface area contributed by atoms with E-state index >= 15 is 0 Å². The minimum atomic E-state index is -0.291. The smallest absolute Gasteiger partial charge is 0.251 e. The van der Waals surface area contributed by atoms with Crippen LogP contribution in [0.4, 0.5) is 5.82 Å². The summed E-state index contributed by atoms with van der Waals surface area (Å²) in [6.45, 7) is 4.46. The standard InChI is InChI=1S/C30H30N4O3/c1-30(2)15-24-28(25(35)16-30)23(13-20-7-4-3-5-8-20)29(33-24)22-10-12-32-26(14-22)34-27(36)19-37-18-21-9-6-11-31-17-21/h3-12,14,17,33H,13,15-16,18-19H2,1-2H3,(H,32,34,36). The number of nitrogens with one attached hydrogen (secondary N) is 2. The van der Waals surface area contributed by atoms with Gasteiger partial charge in [-0.2, -0.15) is 0 Å². The number of carbonyl (C=O) groups is 2. The van der Waals surface area contributed by atoms with E-state index in [1.165, 1.54) is 0 Å². The predicted molar refractivity (Wildman–Crippen MR) is 142 cm³/mol. The highest BCUT2D eigenvalue weighted by atomic mass is 16.5. The summed E-state index contributed by atoms with van der Waals surface area (Å²) in [5.41, 5.74) is 6.48. The molecule has 0 aliphatic heterocycles. The second-order valence-electron chi connectivity index (χ2n) is 10.3. The van der Waals surface area contributed by atoms with E-state index in [1.807, 2.05) is 42.5 Å². The van der Waals surface area contributed by atoms with Gasteiger partial charge in [0.1, 0.15) is 12.4 Å². The molecule has 0 atom stereocenters. The third-order valence-electron chi connectivity index (χ3n) is 6.52. The van der Waals surface area contributed by atoms with Gasteiger partial charge in [0.25, 0.3) is 5.91 Å². The number of aromatic amines is 1. The molecule has 7 heteroatoms. The maximum absolute atomic E-state index is 13.3. The van der Waals surface area contributed by atoms with E-state index in [2.05, 4.69) is 46.2 Å². The van der Waals surface area contributed by atoms with Crippen molar-refractivity contribution in [3.8, 4) is 11.3 Å². The summed E-state index contributed by atoms with van der Waals surface area (Å²) in [5.74, 6) is 0.311. The van der Waals surface area contributed by atoms with Gasteiger partial charge in [0.15, 0.2) is 5.78 Å². The first-order chi connectivity index (χ1) is 17.9. The Morgan fingerprint density at radius 3 is 2.65 bits per heavy atom. The van der Waals surface area contributed by atoms with Crippen molar-refractivity contribution in [1.82, 2.24) is 15.0 Å². The summed E-state index contributed by atoms with van der Waals surface area (Å²) < 4.78 is 5.52. The Kier molecular flexibility index (Phi) is 6.97. The average molecular weight is 495 g/mol. The van der Waals surface area contributed by atoms with Crippen molar-refractivity contribution in [1.29, 1.82) is 0 Å². The molecular formula is C30H30N4O3. The van der Waals surface area contributed by atoms with Crippen LogP contribution in [0.25, 0.3) is 11.3 Å². The molecule has 7 nitrogen and oxygen atoms in total. The summed E-state index contributed by atoms with van der Waals surface area (Å²) in [7, 11) is 0. The molecule has 4 aromatic rings. The summed E-state index contributed by atoms with van der Waals surface area (Å²) in [6.07, 6.45) is 7.03. The molecule has 0 saturated carbocycles. The molecule has 5 rings (SSSR count). The van der Waals surface area contributed by atoms with Gasteiger partial charge < -0.3 is 15.0 Å². The van der Waals surface area contributed by atoms with Crippen molar-refractivity contribution < 1.29 is 14.3 Å². The number of anilines is 1. The van der Waals surface area contributed by atoms with Crippen LogP contribution in [0.15, 0.2) is 73.2 Å². The van der Waals surface area contributed by atoms with Crippen LogP contribution in [0.1, 0.15) is 53.0 Å². The van der Waals surface area contributed by atoms with Crippen LogP contribution in [0.3, 0.4) is 0 Å². The lowest BCUT2D eigenvalue weighted by Crippen LogP contribution is -2.27. The Morgan fingerprint density at radius 1 is 1.05 bits per heavy atom. The van der Waals surface area contributed by atoms with Crippen molar-refractivity contribution in [2.24, 2.45) is 5.41 Å². The molecule has 1 aromatic carbocycles. The van der Waals surface area contributed by atoms with Crippen molar-refractivity contribution in [2.75, 3.05) is 11.9 Å². The second kappa shape index (κ2) is 10.5. The Labute approximate surface area is 216 Å². The molecule has 3 aromatic heterocycles. The molecule has 0 unspecified atom stereocenters. The van der Waals surface area contributed by atoms with Gasteiger partial charge in [-0.15, -0.1) is 0 Å². The maximum Gasteiger partial charge on any atom is 0.251 e. The lowest BCUT2D eigenvalue weighted by Gasteiger charge is -2.28. The minimum absolute atomic E-state index is 0.0938. The monoisotopic (exact) mass is 494 g/mol. The number of hydrogen-bond acceptors (Lipinski definition) is 5. The normalized spacial score (nSPS) is 14.3.